The summed E-state index contributed by atoms with van der Waals surface area (Å²) in [5.41, 5.74) is 4.84. The molecule has 0 N–H and O–H groups in total. The SMILES string of the molecule is Cc1ccc2c(OCCN3CCC(=Cc4cccc(Br)c4)CC3)cccc2n1. The van der Waals surface area contributed by atoms with Crippen LogP contribution >= 0.6 is 15.9 Å². The molecule has 1 fully saturated rings. The quantitative estimate of drug-likeness (QED) is 0.500. The maximum atomic E-state index is 6.10. The maximum Gasteiger partial charge on any atom is 0.128 e. The smallest absolute Gasteiger partial charge is 0.128 e. The highest BCUT2D eigenvalue weighted by Gasteiger charge is 2.14. The van der Waals surface area contributed by atoms with Gasteiger partial charge in [0.15, 0.2) is 0 Å². The van der Waals surface area contributed by atoms with Crippen LogP contribution in [-0.4, -0.2) is 36.1 Å². The van der Waals surface area contributed by atoms with Crippen LogP contribution in [0.1, 0.15) is 24.1 Å². The Morgan fingerprint density at radius 3 is 2.71 bits per heavy atom. The lowest BCUT2D eigenvalue weighted by Gasteiger charge is -2.28. The Hall–Kier alpha value is -2.17. The van der Waals surface area contributed by atoms with Crippen LogP contribution in [0.15, 0.2) is 64.6 Å². The fraction of sp³-hybridized carbons (Fsp3) is 0.292. The average molecular weight is 437 g/mol. The summed E-state index contributed by atoms with van der Waals surface area (Å²) in [4.78, 5) is 7.07. The minimum absolute atomic E-state index is 0.706. The van der Waals surface area contributed by atoms with E-state index in [1.165, 1.54) is 11.1 Å². The van der Waals surface area contributed by atoms with E-state index in [1.807, 2.05) is 31.2 Å². The zero-order chi connectivity index (χ0) is 19.3. The van der Waals surface area contributed by atoms with Gasteiger partial charge in [-0.25, -0.2) is 0 Å². The molecule has 3 aromatic rings. The van der Waals surface area contributed by atoms with Gasteiger partial charge in [0.05, 0.1) is 5.52 Å². The van der Waals surface area contributed by atoms with E-state index in [2.05, 4.69) is 62.2 Å². The van der Waals surface area contributed by atoms with Gasteiger partial charge < -0.3 is 4.74 Å². The standard InChI is InChI=1S/C24H25BrN2O/c1-18-8-9-22-23(26-18)6-3-7-24(22)28-15-14-27-12-10-19(11-13-27)16-20-4-2-5-21(25)17-20/h2-9,16-17H,10-15H2,1H3. The van der Waals surface area contributed by atoms with Crippen LogP contribution in [0.3, 0.4) is 0 Å². The molecular weight excluding hydrogens is 412 g/mol. The topological polar surface area (TPSA) is 25.4 Å². The Kier molecular flexibility index (Phi) is 6.08. The molecule has 0 unspecified atom stereocenters. The summed E-state index contributed by atoms with van der Waals surface area (Å²) in [7, 11) is 0. The van der Waals surface area contributed by atoms with Gasteiger partial charge in [0.25, 0.3) is 0 Å². The monoisotopic (exact) mass is 436 g/mol. The molecule has 0 atom stereocenters. The van der Waals surface area contributed by atoms with Crippen molar-refractivity contribution in [3.05, 3.63) is 75.9 Å². The Balaban J connectivity index is 1.29. The largest absolute Gasteiger partial charge is 0.492 e. The van der Waals surface area contributed by atoms with Crippen molar-refractivity contribution in [2.24, 2.45) is 0 Å². The van der Waals surface area contributed by atoms with E-state index in [4.69, 9.17) is 4.74 Å². The first-order valence-corrected chi connectivity index (χ1v) is 10.6. The van der Waals surface area contributed by atoms with Crippen molar-refractivity contribution in [2.75, 3.05) is 26.2 Å². The number of fused-ring (bicyclic) bond motifs is 1. The third-order valence-corrected chi connectivity index (χ3v) is 5.71. The van der Waals surface area contributed by atoms with Gasteiger partial charge in [-0.1, -0.05) is 45.8 Å². The van der Waals surface area contributed by atoms with Gasteiger partial charge in [-0.2, -0.15) is 0 Å². The number of rotatable bonds is 5. The lowest BCUT2D eigenvalue weighted by atomic mass is 10.0. The number of piperidine rings is 1. The fourth-order valence-corrected chi connectivity index (χ4v) is 4.10. The summed E-state index contributed by atoms with van der Waals surface area (Å²) in [6.07, 6.45) is 4.59. The summed E-state index contributed by atoms with van der Waals surface area (Å²) in [5.74, 6) is 0.928. The van der Waals surface area contributed by atoms with Crippen LogP contribution in [0.25, 0.3) is 17.0 Å². The zero-order valence-corrected chi connectivity index (χ0v) is 17.8. The molecule has 1 saturated heterocycles. The maximum absolute atomic E-state index is 6.10. The first-order chi connectivity index (χ1) is 13.7. The van der Waals surface area contributed by atoms with Gasteiger partial charge in [-0.3, -0.25) is 9.88 Å². The second-order valence-corrected chi connectivity index (χ2v) is 8.24. The van der Waals surface area contributed by atoms with Crippen LogP contribution in [-0.2, 0) is 0 Å². The highest BCUT2D eigenvalue weighted by Crippen LogP contribution is 2.25. The molecule has 0 bridgehead atoms. The normalized spacial score (nSPS) is 15.0. The Morgan fingerprint density at radius 1 is 1.07 bits per heavy atom. The van der Waals surface area contributed by atoms with Crippen molar-refractivity contribution in [3.8, 4) is 5.75 Å². The molecule has 4 heteroatoms. The highest BCUT2D eigenvalue weighted by molar-refractivity contribution is 9.10. The second kappa shape index (κ2) is 8.89. The molecule has 1 aromatic heterocycles. The number of ether oxygens (including phenoxy) is 1. The zero-order valence-electron chi connectivity index (χ0n) is 16.2. The molecular formula is C24H25BrN2O. The molecule has 0 amide bonds. The van der Waals surface area contributed by atoms with Gasteiger partial charge >= 0.3 is 0 Å². The van der Waals surface area contributed by atoms with Gasteiger partial charge in [0.1, 0.15) is 12.4 Å². The number of halogens is 1. The lowest BCUT2D eigenvalue weighted by Crippen LogP contribution is -2.34. The predicted molar refractivity (Wildman–Crippen MR) is 120 cm³/mol. The molecule has 1 aliphatic heterocycles. The van der Waals surface area contributed by atoms with Crippen molar-refractivity contribution in [2.45, 2.75) is 19.8 Å². The Labute approximate surface area is 175 Å². The van der Waals surface area contributed by atoms with E-state index in [1.54, 1.807) is 0 Å². The van der Waals surface area contributed by atoms with E-state index in [9.17, 15) is 0 Å². The fourth-order valence-electron chi connectivity index (χ4n) is 3.68. The molecule has 0 spiro atoms. The molecule has 1 aliphatic rings. The number of aryl methyl sites for hydroxylation is 1. The first-order valence-electron chi connectivity index (χ1n) is 9.84. The van der Waals surface area contributed by atoms with Crippen molar-refractivity contribution in [1.29, 1.82) is 0 Å². The summed E-state index contributed by atoms with van der Waals surface area (Å²) in [6.45, 7) is 5.87. The first kappa shape index (κ1) is 19.2. The van der Waals surface area contributed by atoms with Crippen LogP contribution in [0.5, 0.6) is 5.75 Å². The van der Waals surface area contributed by atoms with E-state index >= 15 is 0 Å². The van der Waals surface area contributed by atoms with Gasteiger partial charge in [-0.15, -0.1) is 0 Å². The van der Waals surface area contributed by atoms with Crippen molar-refractivity contribution in [1.82, 2.24) is 9.88 Å². The number of aromatic nitrogens is 1. The van der Waals surface area contributed by atoms with Crippen LogP contribution < -0.4 is 4.74 Å². The molecule has 144 valence electrons. The third-order valence-electron chi connectivity index (χ3n) is 5.21. The lowest BCUT2D eigenvalue weighted by molar-refractivity contribution is 0.200. The van der Waals surface area contributed by atoms with Crippen molar-refractivity contribution < 1.29 is 4.74 Å². The molecule has 4 rings (SSSR count). The van der Waals surface area contributed by atoms with Crippen LogP contribution in [0, 0.1) is 6.92 Å². The minimum atomic E-state index is 0.706. The number of nitrogens with zero attached hydrogens (tertiary/aromatic N) is 2. The number of pyridine rings is 1. The third kappa shape index (κ3) is 4.81. The molecule has 0 radical (unpaired) electrons. The number of likely N-dealkylation sites (tertiary alicyclic amines) is 1. The van der Waals surface area contributed by atoms with E-state index in [0.717, 1.165) is 59.3 Å². The van der Waals surface area contributed by atoms with Crippen molar-refractivity contribution >= 4 is 32.9 Å². The molecule has 2 heterocycles. The predicted octanol–water partition coefficient (Wildman–Crippen LogP) is 5.86. The summed E-state index contributed by atoms with van der Waals surface area (Å²) in [6, 6.07) is 18.7. The van der Waals surface area contributed by atoms with Crippen molar-refractivity contribution in [3.63, 3.8) is 0 Å². The van der Waals surface area contributed by atoms with Gasteiger partial charge in [-0.05, 0) is 61.7 Å². The Bertz CT molecular complexity index is 989. The van der Waals surface area contributed by atoms with E-state index in [-0.39, 0.29) is 0 Å². The van der Waals surface area contributed by atoms with E-state index < -0.39 is 0 Å². The highest BCUT2D eigenvalue weighted by atomic mass is 79.9. The second-order valence-electron chi connectivity index (χ2n) is 7.32. The summed E-state index contributed by atoms with van der Waals surface area (Å²) < 4.78 is 7.23. The number of hydrogen-bond acceptors (Lipinski definition) is 3. The van der Waals surface area contributed by atoms with Crippen LogP contribution in [0.2, 0.25) is 0 Å². The summed E-state index contributed by atoms with van der Waals surface area (Å²) in [5, 5.41) is 1.09. The molecule has 0 saturated carbocycles. The summed E-state index contributed by atoms with van der Waals surface area (Å²) >= 11 is 3.55. The van der Waals surface area contributed by atoms with Gasteiger partial charge in [0.2, 0.25) is 0 Å². The van der Waals surface area contributed by atoms with Gasteiger partial charge in [0, 0.05) is 35.2 Å². The Morgan fingerprint density at radius 2 is 1.89 bits per heavy atom. The minimum Gasteiger partial charge on any atom is -0.492 e. The average Bonchev–Trinajstić information content (AvgIpc) is 2.69. The molecule has 3 nitrogen and oxygen atoms in total. The molecule has 28 heavy (non-hydrogen) atoms. The molecule has 0 aliphatic carbocycles. The van der Waals surface area contributed by atoms with E-state index in [0.29, 0.717) is 6.61 Å². The number of hydrogen-bond donors (Lipinski definition) is 0. The number of benzene rings is 2. The van der Waals surface area contributed by atoms with Crippen LogP contribution in [0.4, 0.5) is 0 Å². The molecule has 2 aromatic carbocycles.